The Hall–Kier alpha value is -2.97. The van der Waals surface area contributed by atoms with E-state index < -0.39 is 29.4 Å². The summed E-state index contributed by atoms with van der Waals surface area (Å²) in [5, 5.41) is 13.1. The summed E-state index contributed by atoms with van der Waals surface area (Å²) in [6, 6.07) is 5.34. The average molecular weight is 391 g/mol. The third-order valence-electron chi connectivity index (χ3n) is 4.82. The Morgan fingerprint density at radius 2 is 1.93 bits per heavy atom. The number of hydrogen-bond acceptors (Lipinski definition) is 6. The number of nitrogens with one attached hydrogen (secondary N) is 1. The maximum absolute atomic E-state index is 12.6. The molecule has 1 heterocycles. The van der Waals surface area contributed by atoms with E-state index in [0.29, 0.717) is 0 Å². The maximum Gasteiger partial charge on any atom is 0.326 e. The van der Waals surface area contributed by atoms with E-state index in [1.807, 2.05) is 13.8 Å². The van der Waals surface area contributed by atoms with Gasteiger partial charge in [0.15, 0.2) is 6.10 Å². The molecule has 1 fully saturated rings. The van der Waals surface area contributed by atoms with E-state index >= 15 is 0 Å². The Morgan fingerprint density at radius 3 is 2.54 bits per heavy atom. The quantitative estimate of drug-likeness (QED) is 0.450. The number of carbonyl (C=O) groups is 3. The maximum atomic E-state index is 12.6. The standard InChI is InChI=1S/C19H25N3O6/c1-12-6-4-7-13(2)21(12)19(25)14(3)28-17(23)11-20-18(24)15-8-5-9-16(10-15)22(26)27/h5,8-10,12-14H,4,6-7,11H2,1-3H3,(H,20,24)/t12-,13-,14-/m1/s1. The molecule has 0 radical (unpaired) electrons. The van der Waals surface area contributed by atoms with E-state index in [9.17, 15) is 24.5 Å². The van der Waals surface area contributed by atoms with E-state index in [0.717, 1.165) is 25.3 Å². The van der Waals surface area contributed by atoms with Crippen LogP contribution in [0.5, 0.6) is 0 Å². The molecule has 0 aliphatic carbocycles. The number of piperidine rings is 1. The van der Waals surface area contributed by atoms with Crippen LogP contribution in [-0.2, 0) is 14.3 Å². The van der Waals surface area contributed by atoms with Crippen LogP contribution in [0.2, 0.25) is 0 Å². The zero-order valence-electron chi connectivity index (χ0n) is 16.2. The lowest BCUT2D eigenvalue weighted by Crippen LogP contribution is -2.51. The number of carbonyl (C=O) groups excluding carboxylic acids is 3. The highest BCUT2D eigenvalue weighted by Gasteiger charge is 2.33. The van der Waals surface area contributed by atoms with Crippen LogP contribution in [0, 0.1) is 10.1 Å². The topological polar surface area (TPSA) is 119 Å². The van der Waals surface area contributed by atoms with Gasteiger partial charge in [-0.25, -0.2) is 0 Å². The number of nitro groups is 1. The van der Waals surface area contributed by atoms with Gasteiger partial charge in [0.25, 0.3) is 17.5 Å². The second-order valence-electron chi connectivity index (χ2n) is 7.00. The van der Waals surface area contributed by atoms with Gasteiger partial charge < -0.3 is 15.0 Å². The van der Waals surface area contributed by atoms with Crippen LogP contribution in [0.25, 0.3) is 0 Å². The number of rotatable bonds is 6. The van der Waals surface area contributed by atoms with Crippen molar-refractivity contribution in [3.8, 4) is 0 Å². The predicted molar refractivity (Wildman–Crippen MR) is 101 cm³/mol. The Labute approximate surface area is 163 Å². The first-order valence-corrected chi connectivity index (χ1v) is 9.25. The number of esters is 1. The lowest BCUT2D eigenvalue weighted by Gasteiger charge is -2.40. The van der Waals surface area contributed by atoms with Gasteiger partial charge in [0.05, 0.1) is 4.92 Å². The summed E-state index contributed by atoms with van der Waals surface area (Å²) < 4.78 is 5.16. The summed E-state index contributed by atoms with van der Waals surface area (Å²) >= 11 is 0. The molecule has 1 aromatic rings. The van der Waals surface area contributed by atoms with Crippen LogP contribution in [0.3, 0.4) is 0 Å². The molecule has 9 nitrogen and oxygen atoms in total. The first-order valence-electron chi connectivity index (χ1n) is 9.25. The van der Waals surface area contributed by atoms with E-state index in [-0.39, 0.29) is 29.2 Å². The number of amides is 2. The number of likely N-dealkylation sites (tertiary alicyclic amines) is 1. The van der Waals surface area contributed by atoms with E-state index in [1.54, 1.807) is 4.90 Å². The molecule has 152 valence electrons. The zero-order valence-corrected chi connectivity index (χ0v) is 16.2. The summed E-state index contributed by atoms with van der Waals surface area (Å²) in [4.78, 5) is 48.6. The highest BCUT2D eigenvalue weighted by molar-refractivity contribution is 5.96. The Kier molecular flexibility index (Phi) is 7.08. The normalized spacial score (nSPS) is 20.2. The Morgan fingerprint density at radius 1 is 1.29 bits per heavy atom. The SMILES string of the molecule is C[C@@H]1CCC[C@@H](C)N1C(=O)[C@@H](C)OC(=O)CNC(=O)c1cccc([N+](=O)[O-])c1. The van der Waals surface area contributed by atoms with E-state index in [1.165, 1.54) is 25.1 Å². The molecule has 0 bridgehead atoms. The summed E-state index contributed by atoms with van der Waals surface area (Å²) in [5.74, 6) is -1.65. The molecule has 28 heavy (non-hydrogen) atoms. The molecule has 0 aromatic heterocycles. The molecular weight excluding hydrogens is 366 g/mol. The second kappa shape index (κ2) is 9.29. The lowest BCUT2D eigenvalue weighted by molar-refractivity contribution is -0.384. The molecule has 1 aliphatic rings. The van der Waals surface area contributed by atoms with E-state index in [4.69, 9.17) is 4.74 Å². The van der Waals surface area contributed by atoms with Crippen molar-refractivity contribution in [2.45, 2.75) is 58.2 Å². The molecule has 1 aromatic carbocycles. The van der Waals surface area contributed by atoms with Gasteiger partial charge in [-0.2, -0.15) is 0 Å². The van der Waals surface area contributed by atoms with Crippen LogP contribution >= 0.6 is 0 Å². The average Bonchev–Trinajstić information content (AvgIpc) is 2.65. The fraction of sp³-hybridized carbons (Fsp3) is 0.526. The largest absolute Gasteiger partial charge is 0.451 e. The molecule has 0 spiro atoms. The minimum absolute atomic E-state index is 0.0575. The van der Waals surface area contributed by atoms with Gasteiger partial charge in [-0.3, -0.25) is 24.5 Å². The molecule has 1 saturated heterocycles. The van der Waals surface area contributed by atoms with Crippen molar-refractivity contribution in [1.29, 1.82) is 0 Å². The van der Waals surface area contributed by atoms with E-state index in [2.05, 4.69) is 5.32 Å². The second-order valence-corrected chi connectivity index (χ2v) is 7.00. The van der Waals surface area contributed by atoms with Crippen LogP contribution in [0.15, 0.2) is 24.3 Å². The number of benzene rings is 1. The van der Waals surface area contributed by atoms with Crippen molar-refractivity contribution in [2.24, 2.45) is 0 Å². The van der Waals surface area contributed by atoms with Gasteiger partial charge in [0.2, 0.25) is 0 Å². The third kappa shape index (κ3) is 5.28. The van der Waals surface area contributed by atoms with Crippen molar-refractivity contribution >= 4 is 23.5 Å². The molecule has 3 atom stereocenters. The minimum Gasteiger partial charge on any atom is -0.451 e. The van der Waals surface area contributed by atoms with Gasteiger partial charge in [-0.05, 0) is 46.1 Å². The first kappa shape index (κ1) is 21.3. The highest BCUT2D eigenvalue weighted by atomic mass is 16.6. The Bertz CT molecular complexity index is 756. The number of nitro benzene ring substituents is 1. The zero-order chi connectivity index (χ0) is 20.8. The fourth-order valence-electron chi connectivity index (χ4n) is 3.37. The van der Waals surface area contributed by atoms with Crippen LogP contribution < -0.4 is 5.32 Å². The number of nitrogens with zero attached hydrogens (tertiary/aromatic N) is 2. The van der Waals surface area contributed by atoms with Crippen LogP contribution in [0.1, 0.15) is 50.4 Å². The minimum atomic E-state index is -0.954. The van der Waals surface area contributed by atoms with Gasteiger partial charge in [0, 0.05) is 29.8 Å². The number of hydrogen-bond donors (Lipinski definition) is 1. The van der Waals surface area contributed by atoms with Crippen molar-refractivity contribution in [2.75, 3.05) is 6.54 Å². The highest BCUT2D eigenvalue weighted by Crippen LogP contribution is 2.23. The number of ether oxygens (including phenoxy) is 1. The molecular formula is C19H25N3O6. The van der Waals surface area contributed by atoms with Gasteiger partial charge in [-0.1, -0.05) is 6.07 Å². The molecule has 1 aliphatic heterocycles. The lowest BCUT2D eigenvalue weighted by atomic mass is 9.97. The van der Waals surface area contributed by atoms with Gasteiger partial charge in [-0.15, -0.1) is 0 Å². The third-order valence-corrected chi connectivity index (χ3v) is 4.82. The fourth-order valence-corrected chi connectivity index (χ4v) is 3.37. The molecule has 0 unspecified atom stereocenters. The molecule has 9 heteroatoms. The van der Waals surface area contributed by atoms with Crippen molar-refractivity contribution in [3.05, 3.63) is 39.9 Å². The molecule has 2 amide bonds. The summed E-state index contributed by atoms with van der Waals surface area (Å²) in [6.45, 7) is 5.02. The monoisotopic (exact) mass is 391 g/mol. The van der Waals surface area contributed by atoms with Crippen molar-refractivity contribution < 1.29 is 24.0 Å². The van der Waals surface area contributed by atoms with Crippen LogP contribution in [-0.4, -0.2) is 52.3 Å². The summed E-state index contributed by atoms with van der Waals surface area (Å²) in [6.07, 6.45) is 1.93. The predicted octanol–water partition coefficient (Wildman–Crippen LogP) is 2.05. The Balaban J connectivity index is 1.87. The smallest absolute Gasteiger partial charge is 0.326 e. The number of non-ortho nitro benzene ring substituents is 1. The van der Waals surface area contributed by atoms with Crippen molar-refractivity contribution in [3.63, 3.8) is 0 Å². The van der Waals surface area contributed by atoms with Gasteiger partial charge in [0.1, 0.15) is 6.54 Å². The molecule has 1 N–H and O–H groups in total. The summed E-state index contributed by atoms with van der Waals surface area (Å²) in [5.41, 5.74) is -0.165. The first-order chi connectivity index (χ1) is 13.2. The van der Waals surface area contributed by atoms with Crippen molar-refractivity contribution in [1.82, 2.24) is 10.2 Å². The van der Waals surface area contributed by atoms with Crippen LogP contribution in [0.4, 0.5) is 5.69 Å². The molecule has 2 rings (SSSR count). The van der Waals surface area contributed by atoms with Gasteiger partial charge >= 0.3 is 5.97 Å². The summed E-state index contributed by atoms with van der Waals surface area (Å²) in [7, 11) is 0. The molecule has 0 saturated carbocycles.